The van der Waals surface area contributed by atoms with Crippen molar-refractivity contribution in [1.82, 2.24) is 0 Å². The molecule has 2 N–H and O–H groups in total. The Morgan fingerprint density at radius 1 is 0.585 bits per heavy atom. The second-order valence-electron chi connectivity index (χ2n) is 7.20. The van der Waals surface area contributed by atoms with E-state index in [1.807, 2.05) is 136 Å². The van der Waals surface area contributed by atoms with Crippen LogP contribution in [0.2, 0.25) is 0 Å². The maximum absolute atomic E-state index is 12.2. The molecule has 0 radical (unpaired) electrons. The summed E-state index contributed by atoms with van der Waals surface area (Å²) < 4.78 is 19.1. The maximum Gasteiger partial charge on any atom is 1.00 e. The zero-order valence-electron chi connectivity index (χ0n) is 21.3. The Bertz CT molecular complexity index is 1190. The van der Waals surface area contributed by atoms with E-state index in [0.717, 1.165) is 0 Å². The number of aromatic carboxylic acids is 2. The van der Waals surface area contributed by atoms with Crippen molar-refractivity contribution in [2.24, 2.45) is 0 Å². The van der Waals surface area contributed by atoms with E-state index in [4.69, 9.17) is 14.2 Å². The van der Waals surface area contributed by atoms with Crippen molar-refractivity contribution in [1.29, 1.82) is 0 Å². The van der Waals surface area contributed by atoms with Crippen LogP contribution < -0.4 is 80.0 Å². The summed E-state index contributed by atoms with van der Waals surface area (Å²) in [6, 6.07) is 3.28. The number of benzene rings is 2. The van der Waals surface area contributed by atoms with Gasteiger partial charge in [-0.25, -0.2) is 0 Å². The summed E-state index contributed by atoms with van der Waals surface area (Å²) in [7, 11) is 0. The number of anilines is 2. The summed E-state index contributed by atoms with van der Waals surface area (Å²) in [6.45, 7) is 0.110. The fourth-order valence-electron chi connectivity index (χ4n) is 2.80. The molecular formula is C22H16I6N2Na2O9. The molecule has 0 aliphatic carbocycles. The predicted octanol–water partition coefficient (Wildman–Crippen LogP) is -3.32. The van der Waals surface area contributed by atoms with E-state index in [2.05, 4.69) is 10.6 Å². The fraction of sp³-hybridized carbons (Fsp3) is 0.273. The number of rotatable bonds is 14. The second kappa shape index (κ2) is 22.2. The molecule has 2 rings (SSSR count). The minimum Gasteiger partial charge on any atom is -0.545 e. The van der Waals surface area contributed by atoms with Crippen LogP contribution in [0.25, 0.3) is 0 Å². The summed E-state index contributed by atoms with van der Waals surface area (Å²) in [4.78, 5) is 47.2. The quantitative estimate of drug-likeness (QED) is 0.112. The molecule has 0 aromatic heterocycles. The molecular weight excluding hydrogens is 1240 g/mol. The average molecular weight is 1260 g/mol. The molecule has 0 aliphatic heterocycles. The van der Waals surface area contributed by atoms with Crippen LogP contribution >= 0.6 is 136 Å². The van der Waals surface area contributed by atoms with E-state index < -0.39 is 23.8 Å². The van der Waals surface area contributed by atoms with Crippen LogP contribution in [-0.2, 0) is 23.8 Å². The van der Waals surface area contributed by atoms with Crippen molar-refractivity contribution in [3.8, 4) is 0 Å². The zero-order chi connectivity index (χ0) is 29.3. The van der Waals surface area contributed by atoms with Crippen molar-refractivity contribution in [2.45, 2.75) is 0 Å². The van der Waals surface area contributed by atoms with Gasteiger partial charge in [-0.05, 0) is 148 Å². The monoisotopic (exact) mass is 1260 g/mol. The molecule has 0 aliphatic rings. The predicted molar refractivity (Wildman–Crippen MR) is 188 cm³/mol. The standard InChI is InChI=1S/C22H18I6N2O9.2Na/c23-9-5-11(25)19(17(27)15(9)21(33)34)29-13(31)7-38-3-1-37-2-4-39-8-14(32)30-20-12(26)6-10(24)16(18(20)28)22(35)36;;/h5-6H,1-4,7-8H2,(H,29,31)(H,30,32)(H,33,34)(H,35,36);;/q;2*+1/p-2. The second-order valence-corrected chi connectivity index (χ2v) is 14.0. The number of amides is 2. The Labute approximate surface area is 361 Å². The van der Waals surface area contributed by atoms with E-state index >= 15 is 0 Å². The average Bonchev–Trinajstić information content (AvgIpc) is 2.82. The van der Waals surface area contributed by atoms with Gasteiger partial charge in [0.05, 0.1) is 49.7 Å². The van der Waals surface area contributed by atoms with Crippen LogP contribution in [0.3, 0.4) is 0 Å². The number of carbonyl (C=O) groups is 4. The molecule has 0 heterocycles. The van der Waals surface area contributed by atoms with Gasteiger partial charge in [-0.2, -0.15) is 0 Å². The summed E-state index contributed by atoms with van der Waals surface area (Å²) in [5.41, 5.74) is 0.801. The summed E-state index contributed by atoms with van der Waals surface area (Å²) in [6.07, 6.45) is 0. The molecule has 0 fully saturated rings. The Hall–Kier alpha value is 2.58. The first kappa shape index (κ1) is 43.6. The number of ether oxygens (including phenoxy) is 3. The molecule has 2 amide bonds. The number of halogens is 6. The Morgan fingerprint density at radius 2 is 0.902 bits per heavy atom. The molecule has 2 aromatic rings. The summed E-state index contributed by atoms with van der Waals surface area (Å²) in [5, 5.41) is 28.1. The number of nitrogens with one attached hydrogen (secondary N) is 2. The van der Waals surface area contributed by atoms with Gasteiger partial charge in [0.2, 0.25) is 11.8 Å². The molecule has 2 aromatic carbocycles. The van der Waals surface area contributed by atoms with Gasteiger partial charge >= 0.3 is 59.1 Å². The topological polar surface area (TPSA) is 166 Å². The van der Waals surface area contributed by atoms with Gasteiger partial charge in [0, 0.05) is 32.5 Å². The van der Waals surface area contributed by atoms with Crippen molar-refractivity contribution < 1.29 is 103 Å². The molecule has 19 heteroatoms. The smallest absolute Gasteiger partial charge is 0.545 e. The van der Waals surface area contributed by atoms with E-state index in [-0.39, 0.29) is 110 Å². The van der Waals surface area contributed by atoms with Gasteiger partial charge in [-0.3, -0.25) is 9.59 Å². The first-order valence-electron chi connectivity index (χ1n) is 10.5. The fourth-order valence-corrected chi connectivity index (χ4v) is 11.0. The van der Waals surface area contributed by atoms with Crippen LogP contribution in [0.5, 0.6) is 0 Å². The minimum absolute atomic E-state index is 0. The molecule has 0 spiro atoms. The van der Waals surface area contributed by atoms with Crippen molar-refractivity contribution in [3.05, 3.63) is 44.7 Å². The van der Waals surface area contributed by atoms with Crippen LogP contribution in [0.4, 0.5) is 11.4 Å². The first-order chi connectivity index (χ1) is 18.3. The molecule has 0 saturated carbocycles. The van der Waals surface area contributed by atoms with Crippen LogP contribution in [0, 0.1) is 21.4 Å². The third-order valence-corrected chi connectivity index (χ3v) is 10.0. The number of carboxylic acids is 2. The van der Waals surface area contributed by atoms with Crippen LogP contribution in [-0.4, -0.2) is 63.4 Å². The molecule has 41 heavy (non-hydrogen) atoms. The summed E-state index contributed by atoms with van der Waals surface area (Å²) >= 11 is 11.5. The van der Waals surface area contributed by atoms with Gasteiger partial charge in [-0.1, -0.05) is 0 Å². The zero-order valence-corrected chi connectivity index (χ0v) is 38.3. The van der Waals surface area contributed by atoms with E-state index in [1.165, 1.54) is 0 Å². The number of carbonyl (C=O) groups excluding carboxylic acids is 4. The number of hydrogen-bond acceptors (Lipinski definition) is 9. The Morgan fingerprint density at radius 3 is 1.22 bits per heavy atom. The summed E-state index contributed by atoms with van der Waals surface area (Å²) in [5.74, 6) is -3.54. The largest absolute Gasteiger partial charge is 1.00 e. The third kappa shape index (κ3) is 14.1. The maximum atomic E-state index is 12.2. The van der Waals surface area contributed by atoms with E-state index in [9.17, 15) is 29.4 Å². The van der Waals surface area contributed by atoms with Gasteiger partial charge in [0.25, 0.3) is 0 Å². The van der Waals surface area contributed by atoms with Crippen molar-refractivity contribution in [2.75, 3.05) is 50.3 Å². The van der Waals surface area contributed by atoms with Crippen LogP contribution in [0.1, 0.15) is 20.7 Å². The molecule has 0 bridgehead atoms. The molecule has 0 saturated heterocycles. The molecule has 212 valence electrons. The van der Waals surface area contributed by atoms with Gasteiger partial charge < -0.3 is 44.6 Å². The van der Waals surface area contributed by atoms with E-state index in [0.29, 0.717) is 32.8 Å². The first-order valence-corrected chi connectivity index (χ1v) is 16.9. The normalized spacial score (nSPS) is 10.3. The SMILES string of the molecule is O=C(COCCOCCOCC(=O)Nc1c(I)cc(I)c(C(=O)[O-])c1I)Nc1c(I)cc(I)c(C(=O)[O-])c1I.[Na+].[Na+]. The van der Waals surface area contributed by atoms with Gasteiger partial charge in [-0.15, -0.1) is 0 Å². The minimum atomic E-state index is -1.32. The Kier molecular flexibility index (Phi) is 23.6. The van der Waals surface area contributed by atoms with E-state index in [1.54, 1.807) is 12.1 Å². The van der Waals surface area contributed by atoms with Crippen molar-refractivity contribution in [3.63, 3.8) is 0 Å². The molecule has 11 nitrogen and oxygen atoms in total. The van der Waals surface area contributed by atoms with Gasteiger partial charge in [0.1, 0.15) is 13.2 Å². The molecule has 0 unspecified atom stereocenters. The third-order valence-electron chi connectivity index (χ3n) is 4.49. The molecule has 0 atom stereocenters. The van der Waals surface area contributed by atoms with Crippen molar-refractivity contribution >= 4 is 171 Å². The Balaban J connectivity index is 0.00000800. The van der Waals surface area contributed by atoms with Gasteiger partial charge in [0.15, 0.2) is 0 Å². The van der Waals surface area contributed by atoms with Crippen LogP contribution in [0.15, 0.2) is 12.1 Å². The number of hydrogen-bond donors (Lipinski definition) is 2. The number of carboxylic acid groups (broad SMARTS) is 2.